The zero-order valence-electron chi connectivity index (χ0n) is 18.9. The van der Waals surface area contributed by atoms with Crippen LogP contribution in [0.3, 0.4) is 0 Å². The Balaban J connectivity index is 1.60. The Labute approximate surface area is 177 Å². The maximum absolute atomic E-state index is 5.99. The number of benzene rings is 2. The van der Waals surface area contributed by atoms with Gasteiger partial charge in [-0.05, 0) is 81.7 Å². The van der Waals surface area contributed by atoms with Gasteiger partial charge in [0.2, 0.25) is 0 Å². The molecule has 1 fully saturated rings. The van der Waals surface area contributed by atoms with Gasteiger partial charge < -0.3 is 15.0 Å². The minimum absolute atomic E-state index is 0.00647. The van der Waals surface area contributed by atoms with Crippen LogP contribution < -0.4 is 10.2 Å². The number of nitrogens with zero attached hydrogens (tertiary/aromatic N) is 1. The first-order chi connectivity index (χ1) is 13.8. The number of hydrogen-bond acceptors (Lipinski definition) is 3. The van der Waals surface area contributed by atoms with E-state index in [4.69, 9.17) is 4.74 Å². The predicted octanol–water partition coefficient (Wildman–Crippen LogP) is 5.53. The molecule has 1 N–H and O–H groups in total. The fraction of sp³-hybridized carbons (Fsp3) is 0.538. The molecule has 1 saturated heterocycles. The molecule has 2 aromatic carbocycles. The lowest BCUT2D eigenvalue weighted by atomic mass is 9.75. The molecular weight excluding hydrogens is 356 g/mol. The van der Waals surface area contributed by atoms with Gasteiger partial charge in [0.25, 0.3) is 0 Å². The Kier molecular flexibility index (Phi) is 7.37. The summed E-state index contributed by atoms with van der Waals surface area (Å²) in [6.07, 6.45) is 3.46. The molecule has 0 aliphatic carbocycles. The van der Waals surface area contributed by atoms with Crippen LogP contribution in [0.5, 0.6) is 0 Å². The molecule has 2 unspecified atom stereocenters. The van der Waals surface area contributed by atoms with Crippen molar-refractivity contribution in [2.45, 2.75) is 58.1 Å². The topological polar surface area (TPSA) is 24.5 Å². The van der Waals surface area contributed by atoms with Crippen molar-refractivity contribution in [2.24, 2.45) is 5.92 Å². The molecule has 3 heteroatoms. The minimum Gasteiger partial charge on any atom is -0.378 e. The summed E-state index contributed by atoms with van der Waals surface area (Å²) in [7, 11) is 4.16. The second-order valence-electron chi connectivity index (χ2n) is 9.40. The molecule has 29 heavy (non-hydrogen) atoms. The average molecular weight is 395 g/mol. The number of nitrogens with one attached hydrogen (secondary N) is 1. The van der Waals surface area contributed by atoms with E-state index in [9.17, 15) is 0 Å². The van der Waals surface area contributed by atoms with Gasteiger partial charge in [0.1, 0.15) is 0 Å². The Morgan fingerprint density at radius 1 is 1.07 bits per heavy atom. The van der Waals surface area contributed by atoms with E-state index in [0.29, 0.717) is 11.8 Å². The molecule has 0 bridgehead atoms. The van der Waals surface area contributed by atoms with E-state index < -0.39 is 0 Å². The van der Waals surface area contributed by atoms with Gasteiger partial charge in [0, 0.05) is 32.9 Å². The van der Waals surface area contributed by atoms with Gasteiger partial charge in [-0.1, -0.05) is 42.0 Å². The standard InChI is InChI=1S/C26H38N2O/c1-20-6-10-22(11-7-20)25(23-15-17-29-26(2,3)18-23)14-16-27-19-21-8-12-24(13-9-21)28(4)5/h6-13,23,25,27H,14-19H2,1-5H3. The molecule has 0 saturated carbocycles. The van der Waals surface area contributed by atoms with Crippen LogP contribution in [-0.2, 0) is 11.3 Å². The SMILES string of the molecule is Cc1ccc(C(CCNCc2ccc(N(C)C)cc2)C2CCOC(C)(C)C2)cc1. The molecule has 0 spiro atoms. The highest BCUT2D eigenvalue weighted by molar-refractivity contribution is 5.45. The van der Waals surface area contributed by atoms with Gasteiger partial charge in [0.15, 0.2) is 0 Å². The maximum Gasteiger partial charge on any atom is 0.0629 e. The van der Waals surface area contributed by atoms with E-state index in [2.05, 4.69) is 93.6 Å². The van der Waals surface area contributed by atoms with Gasteiger partial charge in [0.05, 0.1) is 5.60 Å². The number of aryl methyl sites for hydroxylation is 1. The molecule has 1 heterocycles. The molecule has 2 atom stereocenters. The molecule has 0 amide bonds. The van der Waals surface area contributed by atoms with Gasteiger partial charge in [-0.15, -0.1) is 0 Å². The van der Waals surface area contributed by atoms with Crippen molar-refractivity contribution in [3.8, 4) is 0 Å². The van der Waals surface area contributed by atoms with Crippen LogP contribution in [-0.4, -0.2) is 32.8 Å². The quantitative estimate of drug-likeness (QED) is 0.596. The van der Waals surface area contributed by atoms with Crippen molar-refractivity contribution < 1.29 is 4.74 Å². The monoisotopic (exact) mass is 394 g/mol. The van der Waals surface area contributed by atoms with Crippen LogP contribution >= 0.6 is 0 Å². The first-order valence-electron chi connectivity index (χ1n) is 11.0. The average Bonchev–Trinajstić information content (AvgIpc) is 2.68. The highest BCUT2D eigenvalue weighted by atomic mass is 16.5. The van der Waals surface area contributed by atoms with Gasteiger partial charge in [-0.25, -0.2) is 0 Å². The zero-order valence-corrected chi connectivity index (χ0v) is 18.9. The van der Waals surface area contributed by atoms with Crippen LogP contribution in [0.1, 0.15) is 55.7 Å². The van der Waals surface area contributed by atoms with Crippen LogP contribution in [0.4, 0.5) is 5.69 Å². The predicted molar refractivity (Wildman–Crippen MR) is 124 cm³/mol. The van der Waals surface area contributed by atoms with E-state index in [-0.39, 0.29) is 5.60 Å². The maximum atomic E-state index is 5.99. The largest absolute Gasteiger partial charge is 0.378 e. The summed E-state index contributed by atoms with van der Waals surface area (Å²) < 4.78 is 5.99. The number of ether oxygens (including phenoxy) is 1. The fourth-order valence-electron chi connectivity index (χ4n) is 4.51. The van der Waals surface area contributed by atoms with Crippen LogP contribution in [0.15, 0.2) is 48.5 Å². The molecular formula is C26H38N2O. The lowest BCUT2D eigenvalue weighted by Crippen LogP contribution is -2.36. The molecule has 0 radical (unpaired) electrons. The molecule has 3 nitrogen and oxygen atoms in total. The third-order valence-electron chi connectivity index (χ3n) is 6.22. The molecule has 0 aromatic heterocycles. The van der Waals surface area contributed by atoms with E-state index >= 15 is 0 Å². The summed E-state index contributed by atoms with van der Waals surface area (Å²) in [5.74, 6) is 1.27. The van der Waals surface area contributed by atoms with E-state index in [1.807, 2.05) is 0 Å². The number of rotatable bonds is 8. The Hall–Kier alpha value is -1.84. The smallest absolute Gasteiger partial charge is 0.0629 e. The summed E-state index contributed by atoms with van der Waals surface area (Å²) >= 11 is 0. The van der Waals surface area contributed by atoms with Gasteiger partial charge in [-0.2, -0.15) is 0 Å². The highest BCUT2D eigenvalue weighted by Crippen LogP contribution is 2.39. The summed E-state index contributed by atoms with van der Waals surface area (Å²) in [5, 5.41) is 3.68. The minimum atomic E-state index is -0.00647. The van der Waals surface area contributed by atoms with Crippen LogP contribution in [0.2, 0.25) is 0 Å². The molecule has 1 aliphatic rings. The van der Waals surface area contributed by atoms with Gasteiger partial charge >= 0.3 is 0 Å². The molecule has 158 valence electrons. The first kappa shape index (κ1) is 21.9. The normalized spacial score (nSPS) is 19.7. The van der Waals surface area contributed by atoms with Crippen molar-refractivity contribution in [1.29, 1.82) is 0 Å². The Morgan fingerprint density at radius 3 is 2.38 bits per heavy atom. The third kappa shape index (κ3) is 6.32. The van der Waals surface area contributed by atoms with Crippen molar-refractivity contribution >= 4 is 5.69 Å². The zero-order chi connectivity index (χ0) is 20.9. The summed E-state index contributed by atoms with van der Waals surface area (Å²) in [4.78, 5) is 2.14. The summed E-state index contributed by atoms with van der Waals surface area (Å²) in [6, 6.07) is 18.0. The third-order valence-corrected chi connectivity index (χ3v) is 6.22. The Bertz CT molecular complexity index is 749. The second kappa shape index (κ2) is 9.77. The van der Waals surface area contributed by atoms with Crippen molar-refractivity contribution in [3.05, 3.63) is 65.2 Å². The van der Waals surface area contributed by atoms with E-state index in [1.54, 1.807) is 0 Å². The van der Waals surface area contributed by atoms with Gasteiger partial charge in [-0.3, -0.25) is 0 Å². The van der Waals surface area contributed by atoms with Crippen molar-refractivity contribution in [1.82, 2.24) is 5.32 Å². The molecule has 1 aliphatic heterocycles. The van der Waals surface area contributed by atoms with Crippen molar-refractivity contribution in [2.75, 3.05) is 32.1 Å². The Morgan fingerprint density at radius 2 is 1.76 bits per heavy atom. The first-order valence-corrected chi connectivity index (χ1v) is 11.0. The van der Waals surface area contributed by atoms with Crippen LogP contribution in [0.25, 0.3) is 0 Å². The fourth-order valence-corrected chi connectivity index (χ4v) is 4.51. The lowest BCUT2D eigenvalue weighted by Gasteiger charge is -2.39. The van der Waals surface area contributed by atoms with E-state index in [0.717, 1.165) is 32.5 Å². The van der Waals surface area contributed by atoms with E-state index in [1.165, 1.54) is 28.8 Å². The summed E-state index contributed by atoms with van der Waals surface area (Å²) in [5.41, 5.74) is 5.40. The number of hydrogen-bond donors (Lipinski definition) is 1. The number of anilines is 1. The summed E-state index contributed by atoms with van der Waals surface area (Å²) in [6.45, 7) is 9.48. The lowest BCUT2D eigenvalue weighted by molar-refractivity contribution is -0.0771. The highest BCUT2D eigenvalue weighted by Gasteiger charge is 2.33. The van der Waals surface area contributed by atoms with Crippen molar-refractivity contribution in [3.63, 3.8) is 0 Å². The molecule has 2 aromatic rings. The molecule has 3 rings (SSSR count). The van der Waals surface area contributed by atoms with Crippen LogP contribution in [0, 0.1) is 12.8 Å². The second-order valence-corrected chi connectivity index (χ2v) is 9.40.